The van der Waals surface area contributed by atoms with Crippen molar-refractivity contribution in [1.29, 1.82) is 0 Å². The first kappa shape index (κ1) is 13.4. The first-order chi connectivity index (χ1) is 10.1. The van der Waals surface area contributed by atoms with Crippen LogP contribution in [-0.2, 0) is 6.54 Å². The van der Waals surface area contributed by atoms with Crippen LogP contribution in [0.15, 0.2) is 48.7 Å². The molecule has 2 N–H and O–H groups in total. The van der Waals surface area contributed by atoms with E-state index in [1.165, 1.54) is 12.1 Å². The smallest absolute Gasteiger partial charge is 0.253 e. The van der Waals surface area contributed by atoms with Crippen LogP contribution < -0.4 is 5.32 Å². The van der Waals surface area contributed by atoms with Gasteiger partial charge in [-0.2, -0.15) is 0 Å². The lowest BCUT2D eigenvalue weighted by Crippen LogP contribution is -2.22. The van der Waals surface area contributed by atoms with Crippen molar-refractivity contribution >= 4 is 16.8 Å². The summed E-state index contributed by atoms with van der Waals surface area (Å²) in [4.78, 5) is 15.2. The van der Waals surface area contributed by atoms with Crippen molar-refractivity contribution < 1.29 is 9.18 Å². The molecule has 0 aliphatic rings. The van der Waals surface area contributed by atoms with Crippen molar-refractivity contribution in [2.24, 2.45) is 0 Å². The van der Waals surface area contributed by atoms with Gasteiger partial charge in [-0.1, -0.05) is 29.8 Å². The lowest BCUT2D eigenvalue weighted by molar-refractivity contribution is 0.0952. The average molecular weight is 282 g/mol. The van der Waals surface area contributed by atoms with Crippen LogP contribution in [0.2, 0.25) is 0 Å². The zero-order chi connectivity index (χ0) is 14.8. The fourth-order valence-corrected chi connectivity index (χ4v) is 2.39. The molecule has 0 bridgehead atoms. The lowest BCUT2D eigenvalue weighted by Gasteiger charge is -2.05. The van der Waals surface area contributed by atoms with Crippen molar-refractivity contribution in [3.05, 3.63) is 71.2 Å². The van der Waals surface area contributed by atoms with E-state index >= 15 is 0 Å². The molecule has 0 unspecified atom stereocenters. The molecule has 0 saturated carbocycles. The average Bonchev–Trinajstić information content (AvgIpc) is 2.88. The Bertz CT molecular complexity index is 807. The molecule has 0 fully saturated rings. The molecule has 1 amide bonds. The molecule has 1 heterocycles. The molecule has 21 heavy (non-hydrogen) atoms. The van der Waals surface area contributed by atoms with E-state index in [-0.39, 0.29) is 11.7 Å². The molecule has 3 rings (SSSR count). The van der Waals surface area contributed by atoms with E-state index in [1.807, 2.05) is 31.2 Å². The molecule has 4 heteroatoms. The van der Waals surface area contributed by atoms with Gasteiger partial charge in [-0.3, -0.25) is 4.79 Å². The monoisotopic (exact) mass is 282 g/mol. The molecule has 106 valence electrons. The molecular formula is C17H15FN2O. The Hall–Kier alpha value is -2.62. The molecule has 1 aromatic heterocycles. The summed E-state index contributed by atoms with van der Waals surface area (Å²) in [6.45, 7) is 2.48. The molecule has 2 aromatic carbocycles. The summed E-state index contributed by atoms with van der Waals surface area (Å²) in [7, 11) is 0. The second kappa shape index (κ2) is 5.40. The van der Waals surface area contributed by atoms with Gasteiger partial charge in [0, 0.05) is 23.6 Å². The van der Waals surface area contributed by atoms with E-state index in [9.17, 15) is 9.18 Å². The number of aryl methyl sites for hydroxylation is 1. The molecule has 3 nitrogen and oxygen atoms in total. The van der Waals surface area contributed by atoms with Gasteiger partial charge in [0.05, 0.1) is 5.56 Å². The fourth-order valence-electron chi connectivity index (χ4n) is 2.39. The van der Waals surface area contributed by atoms with E-state index in [0.717, 1.165) is 16.5 Å². The normalized spacial score (nSPS) is 10.8. The van der Waals surface area contributed by atoms with Crippen molar-refractivity contribution in [3.8, 4) is 0 Å². The van der Waals surface area contributed by atoms with Gasteiger partial charge < -0.3 is 10.3 Å². The van der Waals surface area contributed by atoms with Gasteiger partial charge >= 0.3 is 0 Å². The van der Waals surface area contributed by atoms with Crippen LogP contribution in [0.1, 0.15) is 21.5 Å². The summed E-state index contributed by atoms with van der Waals surface area (Å²) < 4.78 is 13.1. The van der Waals surface area contributed by atoms with Gasteiger partial charge in [0.1, 0.15) is 5.82 Å². The van der Waals surface area contributed by atoms with E-state index < -0.39 is 0 Å². The predicted octanol–water partition coefficient (Wildman–Crippen LogP) is 3.55. The van der Waals surface area contributed by atoms with Crippen LogP contribution in [0.4, 0.5) is 4.39 Å². The molecule has 0 aliphatic carbocycles. The molecule has 0 aliphatic heterocycles. The Morgan fingerprint density at radius 2 is 2.10 bits per heavy atom. The molecule has 0 radical (unpaired) electrons. The van der Waals surface area contributed by atoms with Gasteiger partial charge in [0.2, 0.25) is 0 Å². The third kappa shape index (κ3) is 2.79. The first-order valence-corrected chi connectivity index (χ1v) is 6.74. The number of hydrogen-bond acceptors (Lipinski definition) is 1. The van der Waals surface area contributed by atoms with Gasteiger partial charge in [-0.15, -0.1) is 0 Å². The minimum absolute atomic E-state index is 0.172. The molecule has 0 saturated heterocycles. The minimum Gasteiger partial charge on any atom is -0.360 e. The SMILES string of the molecule is Cc1cccc(CNC(=O)c2c[nH]c3cc(F)ccc23)c1. The Morgan fingerprint density at radius 3 is 2.90 bits per heavy atom. The topological polar surface area (TPSA) is 44.9 Å². The van der Waals surface area contributed by atoms with Crippen molar-refractivity contribution in [2.75, 3.05) is 0 Å². The number of carbonyl (C=O) groups excluding carboxylic acids is 1. The van der Waals surface area contributed by atoms with Crippen LogP contribution in [0.25, 0.3) is 10.9 Å². The zero-order valence-corrected chi connectivity index (χ0v) is 11.6. The maximum atomic E-state index is 13.1. The third-order valence-electron chi connectivity index (χ3n) is 3.42. The summed E-state index contributed by atoms with van der Waals surface area (Å²) >= 11 is 0. The Kier molecular flexibility index (Phi) is 3.44. The molecular weight excluding hydrogens is 267 g/mol. The van der Waals surface area contributed by atoms with Gasteiger partial charge in [-0.05, 0) is 30.7 Å². The molecule has 3 aromatic rings. The highest BCUT2D eigenvalue weighted by atomic mass is 19.1. The number of halogens is 1. The Balaban J connectivity index is 1.78. The van der Waals surface area contributed by atoms with Crippen LogP contribution in [-0.4, -0.2) is 10.9 Å². The second-order valence-electron chi connectivity index (χ2n) is 5.06. The van der Waals surface area contributed by atoms with Crippen LogP contribution in [0.3, 0.4) is 0 Å². The van der Waals surface area contributed by atoms with Crippen molar-refractivity contribution in [1.82, 2.24) is 10.3 Å². The summed E-state index contributed by atoms with van der Waals surface area (Å²) in [5.74, 6) is -0.495. The third-order valence-corrected chi connectivity index (χ3v) is 3.42. The van der Waals surface area contributed by atoms with Crippen LogP contribution >= 0.6 is 0 Å². The number of fused-ring (bicyclic) bond motifs is 1. The number of nitrogens with one attached hydrogen (secondary N) is 2. The standard InChI is InChI=1S/C17H15FN2O/c1-11-3-2-4-12(7-11)9-20-17(21)15-10-19-16-8-13(18)5-6-14(15)16/h2-8,10,19H,9H2,1H3,(H,20,21). The van der Waals surface area contributed by atoms with E-state index in [4.69, 9.17) is 0 Å². The Labute approximate surface area is 121 Å². The number of aromatic nitrogens is 1. The number of amides is 1. The van der Waals surface area contributed by atoms with E-state index in [0.29, 0.717) is 17.6 Å². The first-order valence-electron chi connectivity index (χ1n) is 6.74. The van der Waals surface area contributed by atoms with E-state index in [2.05, 4.69) is 10.3 Å². The number of rotatable bonds is 3. The number of aromatic amines is 1. The highest BCUT2D eigenvalue weighted by molar-refractivity contribution is 6.06. The van der Waals surface area contributed by atoms with Gasteiger partial charge in [0.15, 0.2) is 0 Å². The molecule has 0 spiro atoms. The fraction of sp³-hybridized carbons (Fsp3) is 0.118. The number of benzene rings is 2. The quantitative estimate of drug-likeness (QED) is 0.758. The molecule has 0 atom stereocenters. The lowest BCUT2D eigenvalue weighted by atomic mass is 10.1. The van der Waals surface area contributed by atoms with E-state index in [1.54, 1.807) is 12.3 Å². The van der Waals surface area contributed by atoms with Gasteiger partial charge in [0.25, 0.3) is 5.91 Å². The summed E-state index contributed by atoms with van der Waals surface area (Å²) in [5, 5.41) is 3.60. The summed E-state index contributed by atoms with van der Waals surface area (Å²) in [6.07, 6.45) is 1.61. The highest BCUT2D eigenvalue weighted by Crippen LogP contribution is 2.19. The largest absolute Gasteiger partial charge is 0.360 e. The number of carbonyl (C=O) groups is 1. The maximum absolute atomic E-state index is 13.1. The summed E-state index contributed by atoms with van der Waals surface area (Å²) in [6, 6.07) is 12.3. The van der Waals surface area contributed by atoms with Crippen molar-refractivity contribution in [3.63, 3.8) is 0 Å². The summed E-state index contributed by atoms with van der Waals surface area (Å²) in [5.41, 5.74) is 3.35. The predicted molar refractivity (Wildman–Crippen MR) is 80.6 cm³/mol. The second-order valence-corrected chi connectivity index (χ2v) is 5.06. The highest BCUT2D eigenvalue weighted by Gasteiger charge is 2.12. The van der Waals surface area contributed by atoms with Gasteiger partial charge in [-0.25, -0.2) is 4.39 Å². The van der Waals surface area contributed by atoms with Crippen LogP contribution in [0, 0.1) is 12.7 Å². The number of H-pyrrole nitrogens is 1. The number of hydrogen-bond donors (Lipinski definition) is 2. The Morgan fingerprint density at radius 1 is 1.24 bits per heavy atom. The minimum atomic E-state index is -0.323. The van der Waals surface area contributed by atoms with Crippen LogP contribution in [0.5, 0.6) is 0 Å². The maximum Gasteiger partial charge on any atom is 0.253 e. The van der Waals surface area contributed by atoms with Crippen molar-refractivity contribution in [2.45, 2.75) is 13.5 Å². The zero-order valence-electron chi connectivity index (χ0n) is 11.6.